The number of thiazole rings is 1. The number of nitrogen functional groups attached to an aromatic ring is 1. The van der Waals surface area contributed by atoms with Gasteiger partial charge in [0.05, 0.1) is 13.2 Å². The first kappa shape index (κ1) is 12.7. The van der Waals surface area contributed by atoms with Crippen LogP contribution in [-0.4, -0.2) is 30.6 Å². The van der Waals surface area contributed by atoms with Crippen LogP contribution >= 0.6 is 11.3 Å². The Hall–Kier alpha value is -1.40. The molecule has 0 aliphatic heterocycles. The number of rotatable bonds is 7. The number of hydrogen-bond donors (Lipinski definition) is 2. The van der Waals surface area contributed by atoms with Gasteiger partial charge in [0.15, 0.2) is 5.13 Å². The van der Waals surface area contributed by atoms with Crippen LogP contribution in [0.5, 0.6) is 0 Å². The van der Waals surface area contributed by atoms with Crippen molar-refractivity contribution in [2.24, 2.45) is 0 Å². The molecule has 0 bridgehead atoms. The molecule has 3 N–H and O–H groups in total. The molecule has 1 rings (SSSR count). The lowest BCUT2D eigenvalue weighted by atomic mass is 10.4. The van der Waals surface area contributed by atoms with Crippen LogP contribution in [0.3, 0.4) is 0 Å². The van der Waals surface area contributed by atoms with E-state index < -0.39 is 0 Å². The molecule has 1 heterocycles. The molecule has 88 valence electrons. The van der Waals surface area contributed by atoms with E-state index in [1.807, 2.05) is 0 Å². The van der Waals surface area contributed by atoms with E-state index in [9.17, 15) is 4.79 Å². The number of ether oxygens (including phenoxy) is 1. The van der Waals surface area contributed by atoms with Crippen LogP contribution in [0.15, 0.2) is 18.0 Å². The lowest BCUT2D eigenvalue weighted by Crippen LogP contribution is -2.27. The third-order valence-corrected chi connectivity index (χ3v) is 2.43. The summed E-state index contributed by atoms with van der Waals surface area (Å²) in [4.78, 5) is 15.3. The third kappa shape index (κ3) is 4.41. The van der Waals surface area contributed by atoms with Gasteiger partial charge in [0.1, 0.15) is 5.69 Å². The Morgan fingerprint density at radius 2 is 2.50 bits per heavy atom. The zero-order valence-corrected chi connectivity index (χ0v) is 9.76. The molecule has 1 aromatic heterocycles. The summed E-state index contributed by atoms with van der Waals surface area (Å²) in [5.41, 5.74) is 5.77. The summed E-state index contributed by atoms with van der Waals surface area (Å²) >= 11 is 1.25. The molecule has 1 aromatic rings. The molecule has 1 amide bonds. The maximum atomic E-state index is 11.5. The highest BCUT2D eigenvalue weighted by Gasteiger charge is 2.07. The number of anilines is 1. The third-order valence-electron chi connectivity index (χ3n) is 1.75. The van der Waals surface area contributed by atoms with Crippen LogP contribution in [-0.2, 0) is 4.74 Å². The Labute approximate surface area is 98.3 Å². The Morgan fingerprint density at radius 3 is 3.12 bits per heavy atom. The van der Waals surface area contributed by atoms with Crippen LogP contribution in [0.2, 0.25) is 0 Å². The number of amides is 1. The summed E-state index contributed by atoms with van der Waals surface area (Å²) < 4.78 is 5.24. The van der Waals surface area contributed by atoms with Crippen LogP contribution in [0.4, 0.5) is 5.13 Å². The van der Waals surface area contributed by atoms with Gasteiger partial charge in [0.25, 0.3) is 5.91 Å². The second-order valence-electron chi connectivity index (χ2n) is 3.02. The van der Waals surface area contributed by atoms with Crippen molar-refractivity contribution in [1.82, 2.24) is 10.3 Å². The zero-order valence-electron chi connectivity index (χ0n) is 8.94. The lowest BCUT2D eigenvalue weighted by molar-refractivity contribution is 0.0914. The van der Waals surface area contributed by atoms with Crippen molar-refractivity contribution in [3.05, 3.63) is 23.7 Å². The second kappa shape index (κ2) is 6.97. The smallest absolute Gasteiger partial charge is 0.270 e. The number of carbonyl (C=O) groups is 1. The van der Waals surface area contributed by atoms with Crippen molar-refractivity contribution in [3.63, 3.8) is 0 Å². The summed E-state index contributed by atoms with van der Waals surface area (Å²) in [6, 6.07) is 0. The number of aromatic nitrogens is 1. The SMILES string of the molecule is C=CCCOCCNC(=O)c1csc(N)n1. The first-order valence-electron chi connectivity index (χ1n) is 4.92. The van der Waals surface area contributed by atoms with Gasteiger partial charge in [0.2, 0.25) is 0 Å². The summed E-state index contributed by atoms with van der Waals surface area (Å²) in [5, 5.41) is 4.71. The van der Waals surface area contributed by atoms with E-state index in [1.54, 1.807) is 11.5 Å². The maximum Gasteiger partial charge on any atom is 0.270 e. The van der Waals surface area contributed by atoms with E-state index in [-0.39, 0.29) is 5.91 Å². The number of nitrogens with zero attached hydrogens (tertiary/aromatic N) is 1. The van der Waals surface area contributed by atoms with E-state index in [0.29, 0.717) is 30.6 Å². The van der Waals surface area contributed by atoms with Gasteiger partial charge < -0.3 is 15.8 Å². The molecule has 0 fully saturated rings. The molecule has 0 atom stereocenters. The molecule has 16 heavy (non-hydrogen) atoms. The molecular formula is C10H15N3O2S. The Kier molecular flexibility index (Phi) is 5.52. The molecule has 0 spiro atoms. The summed E-state index contributed by atoms with van der Waals surface area (Å²) in [6.07, 6.45) is 2.60. The van der Waals surface area contributed by atoms with Crippen molar-refractivity contribution in [1.29, 1.82) is 0 Å². The van der Waals surface area contributed by atoms with E-state index in [2.05, 4.69) is 16.9 Å². The van der Waals surface area contributed by atoms with Crippen LogP contribution in [0.25, 0.3) is 0 Å². The van der Waals surface area contributed by atoms with E-state index in [1.165, 1.54) is 11.3 Å². The topological polar surface area (TPSA) is 77.2 Å². The van der Waals surface area contributed by atoms with Crippen molar-refractivity contribution in [2.75, 3.05) is 25.5 Å². The van der Waals surface area contributed by atoms with Crippen LogP contribution in [0.1, 0.15) is 16.9 Å². The fourth-order valence-corrected chi connectivity index (χ4v) is 1.53. The highest BCUT2D eigenvalue weighted by molar-refractivity contribution is 7.13. The maximum absolute atomic E-state index is 11.5. The molecule has 0 aliphatic rings. The Bertz CT molecular complexity index is 352. The number of nitrogens with one attached hydrogen (secondary N) is 1. The van der Waals surface area contributed by atoms with Gasteiger partial charge in [0, 0.05) is 11.9 Å². The van der Waals surface area contributed by atoms with Gasteiger partial charge in [-0.1, -0.05) is 6.08 Å². The monoisotopic (exact) mass is 241 g/mol. The van der Waals surface area contributed by atoms with E-state index >= 15 is 0 Å². The van der Waals surface area contributed by atoms with Crippen molar-refractivity contribution < 1.29 is 9.53 Å². The van der Waals surface area contributed by atoms with E-state index in [0.717, 1.165) is 6.42 Å². The van der Waals surface area contributed by atoms with Gasteiger partial charge in [-0.2, -0.15) is 0 Å². The second-order valence-corrected chi connectivity index (χ2v) is 3.91. The number of carbonyl (C=O) groups excluding carboxylic acids is 1. The molecular weight excluding hydrogens is 226 g/mol. The Balaban J connectivity index is 2.13. The van der Waals surface area contributed by atoms with Crippen molar-refractivity contribution >= 4 is 22.4 Å². The minimum Gasteiger partial charge on any atom is -0.379 e. The van der Waals surface area contributed by atoms with Crippen LogP contribution < -0.4 is 11.1 Å². The first-order chi connectivity index (χ1) is 7.74. The molecule has 5 nitrogen and oxygen atoms in total. The average molecular weight is 241 g/mol. The fourth-order valence-electron chi connectivity index (χ4n) is 0.988. The normalized spacial score (nSPS) is 10.0. The van der Waals surface area contributed by atoms with Crippen molar-refractivity contribution in [2.45, 2.75) is 6.42 Å². The van der Waals surface area contributed by atoms with E-state index in [4.69, 9.17) is 10.5 Å². The predicted molar refractivity (Wildman–Crippen MR) is 64.5 cm³/mol. The summed E-state index contributed by atoms with van der Waals surface area (Å²) in [5.74, 6) is -0.222. The molecule has 6 heteroatoms. The molecule has 0 unspecified atom stereocenters. The molecule has 0 aliphatic carbocycles. The van der Waals surface area contributed by atoms with Crippen molar-refractivity contribution in [3.8, 4) is 0 Å². The largest absolute Gasteiger partial charge is 0.379 e. The molecule has 0 aromatic carbocycles. The Morgan fingerprint density at radius 1 is 1.69 bits per heavy atom. The van der Waals surface area contributed by atoms with Gasteiger partial charge in [-0.05, 0) is 6.42 Å². The summed E-state index contributed by atoms with van der Waals surface area (Å²) in [7, 11) is 0. The minimum atomic E-state index is -0.222. The molecule has 0 saturated heterocycles. The van der Waals surface area contributed by atoms with Gasteiger partial charge in [-0.25, -0.2) is 4.98 Å². The quantitative estimate of drug-likeness (QED) is 0.552. The van der Waals surface area contributed by atoms with Gasteiger partial charge in [-0.3, -0.25) is 4.79 Å². The fraction of sp³-hybridized carbons (Fsp3) is 0.400. The predicted octanol–water partition coefficient (Wildman–Crippen LogP) is 1.05. The standard InChI is InChI=1S/C10H15N3O2S/c1-2-3-5-15-6-4-12-9(14)8-7-16-10(11)13-8/h2,7H,1,3-6H2,(H2,11,13)(H,12,14). The zero-order chi connectivity index (χ0) is 11.8. The first-order valence-corrected chi connectivity index (χ1v) is 5.80. The number of hydrogen-bond acceptors (Lipinski definition) is 5. The highest BCUT2D eigenvalue weighted by atomic mass is 32.1. The highest BCUT2D eigenvalue weighted by Crippen LogP contribution is 2.10. The van der Waals surface area contributed by atoms with Gasteiger partial charge >= 0.3 is 0 Å². The van der Waals surface area contributed by atoms with Crippen LogP contribution in [0, 0.1) is 0 Å². The molecule has 0 saturated carbocycles. The molecule has 0 radical (unpaired) electrons. The van der Waals surface area contributed by atoms with Gasteiger partial charge in [-0.15, -0.1) is 17.9 Å². The summed E-state index contributed by atoms with van der Waals surface area (Å²) in [6.45, 7) is 5.16. The number of nitrogens with two attached hydrogens (primary N) is 1. The average Bonchev–Trinajstić information content (AvgIpc) is 2.70. The lowest BCUT2D eigenvalue weighted by Gasteiger charge is -2.03. The minimum absolute atomic E-state index is 0.222.